The van der Waals surface area contributed by atoms with E-state index in [-0.39, 0.29) is 0 Å². The molecule has 1 fully saturated rings. The predicted molar refractivity (Wildman–Crippen MR) is 76.0 cm³/mol. The van der Waals surface area contributed by atoms with Crippen molar-refractivity contribution in [1.29, 1.82) is 0 Å². The lowest BCUT2D eigenvalue weighted by Crippen LogP contribution is -2.30. The van der Waals surface area contributed by atoms with Crippen LogP contribution in [0.15, 0.2) is 30.5 Å². The number of fused-ring (bicyclic) bond motifs is 1. The Morgan fingerprint density at radius 2 is 2.22 bits per heavy atom. The number of likely N-dealkylation sites (N-methyl/N-ethyl adjacent to an activating group) is 1. The molecule has 2 heterocycles. The highest BCUT2D eigenvalue weighted by Crippen LogP contribution is 2.30. The topological polar surface area (TPSA) is 16.1 Å². The maximum Gasteiger partial charge on any atom is 0.0737 e. The second kappa shape index (κ2) is 4.69. The van der Waals surface area contributed by atoms with Crippen molar-refractivity contribution >= 4 is 10.9 Å². The molecule has 1 aromatic heterocycles. The molecule has 0 spiro atoms. The van der Waals surface area contributed by atoms with Crippen LogP contribution in [0.25, 0.3) is 10.9 Å². The van der Waals surface area contributed by atoms with Crippen molar-refractivity contribution in [3.8, 4) is 0 Å². The number of benzene rings is 1. The summed E-state index contributed by atoms with van der Waals surface area (Å²) in [7, 11) is 2.22. The molecule has 1 saturated heterocycles. The Kier molecular flexibility index (Phi) is 3.04. The maximum atomic E-state index is 4.66. The van der Waals surface area contributed by atoms with Crippen LogP contribution in [0.5, 0.6) is 0 Å². The van der Waals surface area contributed by atoms with Gasteiger partial charge < -0.3 is 4.90 Å². The van der Waals surface area contributed by atoms with Gasteiger partial charge in [-0.3, -0.25) is 4.98 Å². The summed E-state index contributed by atoms with van der Waals surface area (Å²) in [5, 5.41) is 1.28. The zero-order valence-corrected chi connectivity index (χ0v) is 11.2. The average Bonchev–Trinajstić information content (AvgIpc) is 2.37. The number of aryl methyl sites for hydroxylation is 1. The highest BCUT2D eigenvalue weighted by Gasteiger charge is 2.20. The Hall–Kier alpha value is -1.41. The molecule has 2 aromatic rings. The van der Waals surface area contributed by atoms with E-state index < -0.39 is 0 Å². The van der Waals surface area contributed by atoms with Crippen molar-refractivity contribution < 1.29 is 0 Å². The molecule has 0 amide bonds. The molecule has 94 valence electrons. The van der Waals surface area contributed by atoms with Crippen LogP contribution in [0.4, 0.5) is 0 Å². The molecule has 1 aromatic carbocycles. The van der Waals surface area contributed by atoms with E-state index in [4.69, 9.17) is 0 Å². The molecule has 0 N–H and O–H groups in total. The van der Waals surface area contributed by atoms with Crippen molar-refractivity contribution in [2.45, 2.75) is 25.7 Å². The van der Waals surface area contributed by atoms with Crippen molar-refractivity contribution in [1.82, 2.24) is 9.88 Å². The number of likely N-dealkylation sites (tertiary alicyclic amines) is 1. The Morgan fingerprint density at radius 3 is 3.06 bits per heavy atom. The number of aromatic nitrogens is 1. The van der Waals surface area contributed by atoms with Gasteiger partial charge in [-0.2, -0.15) is 0 Å². The predicted octanol–water partition coefficient (Wildman–Crippen LogP) is 3.35. The second-order valence-electron chi connectivity index (χ2n) is 5.53. The summed E-state index contributed by atoms with van der Waals surface area (Å²) in [6.07, 6.45) is 4.57. The van der Waals surface area contributed by atoms with Crippen LogP contribution in [0.2, 0.25) is 0 Å². The standard InChI is InChI=1S/C16H20N2/c1-12-9-13-5-3-7-15(16(13)17-10-12)14-6-4-8-18(2)11-14/h3,5,7,9-10,14H,4,6,8,11H2,1-2H3/t14-/m0/s1. The third kappa shape index (κ3) is 2.13. The van der Waals surface area contributed by atoms with E-state index in [2.05, 4.69) is 48.1 Å². The average molecular weight is 240 g/mol. The third-order valence-electron chi connectivity index (χ3n) is 3.94. The van der Waals surface area contributed by atoms with Gasteiger partial charge in [0.25, 0.3) is 0 Å². The molecule has 3 rings (SSSR count). The van der Waals surface area contributed by atoms with Gasteiger partial charge in [0.05, 0.1) is 5.52 Å². The van der Waals surface area contributed by atoms with E-state index in [9.17, 15) is 0 Å². The number of pyridine rings is 1. The minimum Gasteiger partial charge on any atom is -0.306 e. The molecule has 1 aliphatic rings. The van der Waals surface area contributed by atoms with Gasteiger partial charge in [0, 0.05) is 18.1 Å². The van der Waals surface area contributed by atoms with Crippen LogP contribution in [-0.4, -0.2) is 30.0 Å². The Bertz CT molecular complexity index is 562. The summed E-state index contributed by atoms with van der Waals surface area (Å²) in [6, 6.07) is 8.84. The fraction of sp³-hybridized carbons (Fsp3) is 0.438. The minimum absolute atomic E-state index is 0.641. The fourth-order valence-corrected chi connectivity index (χ4v) is 3.04. The molecule has 1 atom stereocenters. The van der Waals surface area contributed by atoms with Gasteiger partial charge in [0.15, 0.2) is 0 Å². The molecule has 0 unspecified atom stereocenters. The van der Waals surface area contributed by atoms with E-state index in [1.807, 2.05) is 6.20 Å². The molecular formula is C16H20N2. The van der Waals surface area contributed by atoms with E-state index in [0.717, 1.165) is 6.54 Å². The zero-order valence-electron chi connectivity index (χ0n) is 11.2. The van der Waals surface area contributed by atoms with E-state index in [1.54, 1.807) is 0 Å². The number of para-hydroxylation sites is 1. The summed E-state index contributed by atoms with van der Waals surface area (Å²) in [4.78, 5) is 7.09. The maximum absolute atomic E-state index is 4.66. The first-order chi connectivity index (χ1) is 8.74. The largest absolute Gasteiger partial charge is 0.306 e. The van der Waals surface area contributed by atoms with Gasteiger partial charge in [-0.05, 0) is 56.5 Å². The zero-order chi connectivity index (χ0) is 12.5. The monoisotopic (exact) mass is 240 g/mol. The Balaban J connectivity index is 2.05. The Morgan fingerprint density at radius 1 is 1.33 bits per heavy atom. The summed E-state index contributed by atoms with van der Waals surface area (Å²) in [6.45, 7) is 4.50. The van der Waals surface area contributed by atoms with Crippen molar-refractivity contribution in [3.63, 3.8) is 0 Å². The van der Waals surface area contributed by atoms with Gasteiger partial charge in [-0.25, -0.2) is 0 Å². The van der Waals surface area contributed by atoms with Gasteiger partial charge in [0.2, 0.25) is 0 Å². The van der Waals surface area contributed by atoms with E-state index in [0.29, 0.717) is 5.92 Å². The van der Waals surface area contributed by atoms with Crippen LogP contribution < -0.4 is 0 Å². The number of rotatable bonds is 1. The lowest BCUT2D eigenvalue weighted by atomic mass is 9.89. The normalized spacial score (nSPS) is 21.3. The van der Waals surface area contributed by atoms with Gasteiger partial charge >= 0.3 is 0 Å². The molecule has 1 aliphatic heterocycles. The second-order valence-corrected chi connectivity index (χ2v) is 5.53. The van der Waals surface area contributed by atoms with Crippen LogP contribution >= 0.6 is 0 Å². The molecule has 2 heteroatoms. The van der Waals surface area contributed by atoms with Crippen molar-refractivity contribution in [2.24, 2.45) is 0 Å². The SMILES string of the molecule is Cc1cnc2c([C@H]3CCCN(C)C3)cccc2c1. The Labute approximate surface area is 109 Å². The molecule has 0 saturated carbocycles. The van der Waals surface area contributed by atoms with E-state index in [1.165, 1.54) is 41.4 Å². The van der Waals surface area contributed by atoms with Crippen molar-refractivity contribution in [2.75, 3.05) is 20.1 Å². The first-order valence-electron chi connectivity index (χ1n) is 6.78. The number of hydrogen-bond donors (Lipinski definition) is 0. The lowest BCUT2D eigenvalue weighted by molar-refractivity contribution is 0.251. The minimum atomic E-state index is 0.641. The molecule has 0 aliphatic carbocycles. The van der Waals surface area contributed by atoms with Crippen LogP contribution in [0.1, 0.15) is 29.9 Å². The van der Waals surface area contributed by atoms with E-state index >= 15 is 0 Å². The van der Waals surface area contributed by atoms with Crippen molar-refractivity contribution in [3.05, 3.63) is 41.6 Å². The number of nitrogens with zero attached hydrogens (tertiary/aromatic N) is 2. The third-order valence-corrected chi connectivity index (χ3v) is 3.94. The lowest BCUT2D eigenvalue weighted by Gasteiger charge is -2.30. The summed E-state index contributed by atoms with van der Waals surface area (Å²) < 4.78 is 0. The highest BCUT2D eigenvalue weighted by atomic mass is 15.1. The highest BCUT2D eigenvalue weighted by molar-refractivity contribution is 5.82. The van der Waals surface area contributed by atoms with Crippen LogP contribution in [0.3, 0.4) is 0 Å². The molecule has 2 nitrogen and oxygen atoms in total. The molecule has 0 radical (unpaired) electrons. The molecule has 18 heavy (non-hydrogen) atoms. The number of piperidine rings is 1. The van der Waals surface area contributed by atoms with Crippen LogP contribution in [-0.2, 0) is 0 Å². The fourth-order valence-electron chi connectivity index (χ4n) is 3.04. The quantitative estimate of drug-likeness (QED) is 0.760. The first kappa shape index (κ1) is 11.7. The smallest absolute Gasteiger partial charge is 0.0737 e. The van der Waals surface area contributed by atoms with Crippen LogP contribution in [0, 0.1) is 6.92 Å². The molecular weight excluding hydrogens is 220 g/mol. The summed E-state index contributed by atoms with van der Waals surface area (Å²) in [5.74, 6) is 0.641. The summed E-state index contributed by atoms with van der Waals surface area (Å²) in [5.41, 5.74) is 3.86. The molecule has 0 bridgehead atoms. The number of hydrogen-bond acceptors (Lipinski definition) is 2. The first-order valence-corrected chi connectivity index (χ1v) is 6.78. The summed E-state index contributed by atoms with van der Waals surface area (Å²) >= 11 is 0. The van der Waals surface area contributed by atoms with Gasteiger partial charge in [0.1, 0.15) is 0 Å². The van der Waals surface area contributed by atoms with Gasteiger partial charge in [-0.1, -0.05) is 18.2 Å². The van der Waals surface area contributed by atoms with Gasteiger partial charge in [-0.15, -0.1) is 0 Å².